The third kappa shape index (κ3) is 19.4. The summed E-state index contributed by atoms with van der Waals surface area (Å²) in [6.07, 6.45) is 31.2. The molecule has 146 valence electrons. The molecule has 0 heterocycles. The highest BCUT2D eigenvalue weighted by molar-refractivity contribution is 4.99. The fourth-order valence-corrected chi connectivity index (χ4v) is 3.46. The molecule has 0 radical (unpaired) electrons. The van der Waals surface area contributed by atoms with E-state index in [2.05, 4.69) is 26.2 Å². The predicted molar refractivity (Wildman–Crippen MR) is 117 cm³/mol. The SMILES string of the molecule is C=CCCCCCCCCCC(=CC)CCCCCCCCCC=C. The molecular formula is C25H46. The van der Waals surface area contributed by atoms with E-state index < -0.39 is 0 Å². The monoisotopic (exact) mass is 346 g/mol. The van der Waals surface area contributed by atoms with Crippen LogP contribution in [0.4, 0.5) is 0 Å². The van der Waals surface area contributed by atoms with Crippen molar-refractivity contribution in [3.8, 4) is 0 Å². The van der Waals surface area contributed by atoms with Gasteiger partial charge in [0.25, 0.3) is 0 Å². The highest BCUT2D eigenvalue weighted by Crippen LogP contribution is 2.18. The summed E-state index contributed by atoms with van der Waals surface area (Å²) in [6.45, 7) is 9.80. The second-order valence-electron chi connectivity index (χ2n) is 7.55. The highest BCUT2D eigenvalue weighted by Gasteiger charge is 1.99. The van der Waals surface area contributed by atoms with Gasteiger partial charge in [0.2, 0.25) is 0 Å². The summed E-state index contributed by atoms with van der Waals surface area (Å²) < 4.78 is 0. The van der Waals surface area contributed by atoms with Gasteiger partial charge in [-0.3, -0.25) is 0 Å². The van der Waals surface area contributed by atoms with Gasteiger partial charge in [0.1, 0.15) is 0 Å². The Hall–Kier alpha value is -0.780. The van der Waals surface area contributed by atoms with Gasteiger partial charge in [-0.2, -0.15) is 0 Å². The third-order valence-corrected chi connectivity index (χ3v) is 5.22. The van der Waals surface area contributed by atoms with Gasteiger partial charge in [-0.1, -0.05) is 88.0 Å². The van der Waals surface area contributed by atoms with E-state index in [1.807, 2.05) is 12.2 Å². The summed E-state index contributed by atoms with van der Waals surface area (Å²) in [4.78, 5) is 0. The summed E-state index contributed by atoms with van der Waals surface area (Å²) in [5, 5.41) is 0. The van der Waals surface area contributed by atoms with Crippen molar-refractivity contribution in [1.29, 1.82) is 0 Å². The Balaban J connectivity index is 3.34. The normalized spacial score (nSPS) is 10.6. The maximum absolute atomic E-state index is 3.78. The van der Waals surface area contributed by atoms with E-state index in [9.17, 15) is 0 Å². The molecule has 0 aliphatic rings. The Morgan fingerprint density at radius 3 is 1.16 bits per heavy atom. The van der Waals surface area contributed by atoms with Crippen molar-refractivity contribution >= 4 is 0 Å². The number of unbranched alkanes of at least 4 members (excludes halogenated alkanes) is 14. The Labute approximate surface area is 159 Å². The zero-order chi connectivity index (χ0) is 18.4. The van der Waals surface area contributed by atoms with Crippen LogP contribution < -0.4 is 0 Å². The van der Waals surface area contributed by atoms with Crippen molar-refractivity contribution in [2.45, 2.75) is 122 Å². The molecule has 0 aromatic carbocycles. The molecule has 0 nitrogen and oxygen atoms in total. The fraction of sp³-hybridized carbons (Fsp3) is 0.760. The molecule has 0 saturated heterocycles. The molecule has 0 rings (SSSR count). The average molecular weight is 347 g/mol. The molecule has 0 spiro atoms. The molecule has 0 fully saturated rings. The minimum absolute atomic E-state index is 1.19. The van der Waals surface area contributed by atoms with E-state index in [4.69, 9.17) is 0 Å². The molecule has 0 amide bonds. The number of allylic oxidation sites excluding steroid dienone is 4. The molecular weight excluding hydrogens is 300 g/mol. The third-order valence-electron chi connectivity index (χ3n) is 5.22. The Morgan fingerprint density at radius 2 is 0.840 bits per heavy atom. The number of hydrogen-bond acceptors (Lipinski definition) is 0. The number of rotatable bonds is 20. The molecule has 0 atom stereocenters. The lowest BCUT2D eigenvalue weighted by molar-refractivity contribution is 0.564. The second-order valence-corrected chi connectivity index (χ2v) is 7.55. The van der Waals surface area contributed by atoms with E-state index in [0.717, 1.165) is 0 Å². The second kappa shape index (κ2) is 21.3. The van der Waals surface area contributed by atoms with E-state index in [1.54, 1.807) is 5.57 Å². The number of hydrogen-bond donors (Lipinski definition) is 0. The van der Waals surface area contributed by atoms with E-state index in [0.29, 0.717) is 0 Å². The van der Waals surface area contributed by atoms with Crippen LogP contribution in [0.2, 0.25) is 0 Å². The van der Waals surface area contributed by atoms with Crippen LogP contribution in [0, 0.1) is 0 Å². The molecule has 0 aliphatic heterocycles. The van der Waals surface area contributed by atoms with Gasteiger partial charge in [-0.15, -0.1) is 13.2 Å². The lowest BCUT2D eigenvalue weighted by atomic mass is 9.99. The minimum atomic E-state index is 1.19. The van der Waals surface area contributed by atoms with E-state index in [1.165, 1.54) is 116 Å². The molecule has 0 saturated carbocycles. The molecule has 0 heteroatoms. The van der Waals surface area contributed by atoms with Gasteiger partial charge in [0, 0.05) is 0 Å². The lowest BCUT2D eigenvalue weighted by Crippen LogP contribution is -1.88. The van der Waals surface area contributed by atoms with Crippen LogP contribution in [-0.4, -0.2) is 0 Å². The molecule has 0 aliphatic carbocycles. The van der Waals surface area contributed by atoms with Crippen molar-refractivity contribution in [2.24, 2.45) is 0 Å². The molecule has 0 aromatic rings. The van der Waals surface area contributed by atoms with Crippen LogP contribution in [0.15, 0.2) is 37.0 Å². The highest BCUT2D eigenvalue weighted by atomic mass is 14.0. The van der Waals surface area contributed by atoms with Crippen molar-refractivity contribution in [2.75, 3.05) is 0 Å². The van der Waals surface area contributed by atoms with Gasteiger partial charge in [-0.05, 0) is 58.3 Å². The first-order valence-corrected chi connectivity index (χ1v) is 11.2. The Morgan fingerprint density at radius 1 is 0.520 bits per heavy atom. The van der Waals surface area contributed by atoms with Crippen molar-refractivity contribution < 1.29 is 0 Å². The summed E-state index contributed by atoms with van der Waals surface area (Å²) in [5.41, 5.74) is 1.71. The van der Waals surface area contributed by atoms with Crippen LogP contribution in [0.1, 0.15) is 122 Å². The van der Waals surface area contributed by atoms with E-state index >= 15 is 0 Å². The topological polar surface area (TPSA) is 0 Å². The van der Waals surface area contributed by atoms with Crippen LogP contribution in [0.5, 0.6) is 0 Å². The van der Waals surface area contributed by atoms with Crippen molar-refractivity contribution in [3.05, 3.63) is 37.0 Å². The first-order valence-electron chi connectivity index (χ1n) is 11.2. The summed E-state index contributed by atoms with van der Waals surface area (Å²) in [5.74, 6) is 0. The summed E-state index contributed by atoms with van der Waals surface area (Å²) >= 11 is 0. The van der Waals surface area contributed by atoms with Crippen molar-refractivity contribution in [1.82, 2.24) is 0 Å². The van der Waals surface area contributed by atoms with Gasteiger partial charge in [0.05, 0.1) is 0 Å². The Bertz CT molecular complexity index is 282. The standard InChI is InChI=1S/C25H46/c1-4-7-9-11-13-15-17-19-21-23-25(6-3)24-22-20-18-16-14-12-10-8-5-2/h4-6H,1-2,7-24H2,3H3. The van der Waals surface area contributed by atoms with Gasteiger partial charge in [-0.25, -0.2) is 0 Å². The van der Waals surface area contributed by atoms with Crippen LogP contribution in [0.3, 0.4) is 0 Å². The first kappa shape index (κ1) is 24.2. The Kier molecular flexibility index (Phi) is 20.6. The zero-order valence-electron chi connectivity index (χ0n) is 17.4. The van der Waals surface area contributed by atoms with Crippen LogP contribution in [-0.2, 0) is 0 Å². The first-order chi connectivity index (χ1) is 12.3. The average Bonchev–Trinajstić information content (AvgIpc) is 2.63. The molecule has 0 bridgehead atoms. The summed E-state index contributed by atoms with van der Waals surface area (Å²) in [6, 6.07) is 0. The predicted octanol–water partition coefficient (Wildman–Crippen LogP) is 9.33. The largest absolute Gasteiger partial charge is 0.103 e. The summed E-state index contributed by atoms with van der Waals surface area (Å²) in [7, 11) is 0. The molecule has 0 N–H and O–H groups in total. The smallest absolute Gasteiger partial charge is 0.0320 e. The molecule has 0 aromatic heterocycles. The lowest BCUT2D eigenvalue weighted by Gasteiger charge is -2.07. The molecule has 0 unspecified atom stereocenters. The maximum atomic E-state index is 3.78. The minimum Gasteiger partial charge on any atom is -0.103 e. The fourth-order valence-electron chi connectivity index (χ4n) is 3.46. The van der Waals surface area contributed by atoms with Crippen LogP contribution in [0.25, 0.3) is 0 Å². The van der Waals surface area contributed by atoms with Gasteiger partial charge >= 0.3 is 0 Å². The van der Waals surface area contributed by atoms with Crippen molar-refractivity contribution in [3.63, 3.8) is 0 Å². The quantitative estimate of drug-likeness (QED) is 0.152. The zero-order valence-corrected chi connectivity index (χ0v) is 17.4. The van der Waals surface area contributed by atoms with Gasteiger partial charge < -0.3 is 0 Å². The maximum Gasteiger partial charge on any atom is -0.0320 e. The molecule has 25 heavy (non-hydrogen) atoms. The van der Waals surface area contributed by atoms with Gasteiger partial charge in [0.15, 0.2) is 0 Å². The van der Waals surface area contributed by atoms with Crippen LogP contribution >= 0.6 is 0 Å². The van der Waals surface area contributed by atoms with E-state index in [-0.39, 0.29) is 0 Å².